The van der Waals surface area contributed by atoms with Gasteiger partial charge in [0.1, 0.15) is 0 Å². The zero-order chi connectivity index (χ0) is 12.3. The average molecular weight is 248 g/mol. The number of aliphatic hydroxyl groups is 1. The van der Waals surface area contributed by atoms with Crippen molar-refractivity contribution in [3.05, 3.63) is 23.1 Å². The highest BCUT2D eigenvalue weighted by Gasteiger charge is 2.26. The third-order valence-electron chi connectivity index (χ3n) is 1.83. The summed E-state index contributed by atoms with van der Waals surface area (Å²) in [5.41, 5.74) is 0. The number of aliphatic hydroxyl groups excluding tert-OH is 1. The lowest BCUT2D eigenvalue weighted by molar-refractivity contribution is -0.141. The molecule has 0 fully saturated rings. The van der Waals surface area contributed by atoms with Gasteiger partial charge < -0.3 is 19.9 Å². The maximum atomic E-state index is 11.4. The fourth-order valence-electron chi connectivity index (χ4n) is 1.04. The Bertz CT molecular complexity index is 400. The Kier molecular flexibility index (Phi) is 3.92. The topological polar surface area (TPSA) is 99.8 Å². The SMILES string of the molecule is C[C@@H](O)[C@H](NC(=O)c1ccc(Cl)o1)C(=O)O. The van der Waals surface area contributed by atoms with Gasteiger partial charge in [-0.2, -0.15) is 0 Å². The molecule has 0 aliphatic rings. The molecule has 1 rings (SSSR count). The molecule has 0 radical (unpaired) electrons. The molecular weight excluding hydrogens is 238 g/mol. The number of hydrogen-bond acceptors (Lipinski definition) is 4. The van der Waals surface area contributed by atoms with Crippen LogP contribution in [-0.2, 0) is 4.79 Å². The van der Waals surface area contributed by atoms with Crippen molar-refractivity contribution in [1.82, 2.24) is 5.32 Å². The first-order chi connectivity index (χ1) is 7.41. The van der Waals surface area contributed by atoms with Crippen molar-refractivity contribution < 1.29 is 24.2 Å². The minimum absolute atomic E-state index is 0.0223. The molecule has 6 nitrogen and oxygen atoms in total. The van der Waals surface area contributed by atoms with Crippen LogP contribution in [0.4, 0.5) is 0 Å². The number of halogens is 1. The van der Waals surface area contributed by atoms with E-state index in [1.54, 1.807) is 0 Å². The van der Waals surface area contributed by atoms with Gasteiger partial charge in [-0.25, -0.2) is 4.79 Å². The third-order valence-corrected chi connectivity index (χ3v) is 2.04. The molecule has 0 bridgehead atoms. The number of rotatable bonds is 4. The van der Waals surface area contributed by atoms with Gasteiger partial charge in [-0.1, -0.05) is 0 Å². The Labute approximate surface area is 95.8 Å². The van der Waals surface area contributed by atoms with Crippen molar-refractivity contribution in [3.8, 4) is 0 Å². The largest absolute Gasteiger partial charge is 0.480 e. The van der Waals surface area contributed by atoms with E-state index in [4.69, 9.17) is 26.2 Å². The first-order valence-electron chi connectivity index (χ1n) is 4.39. The summed E-state index contributed by atoms with van der Waals surface area (Å²) in [6.07, 6.45) is -1.22. The Hall–Kier alpha value is -1.53. The van der Waals surface area contributed by atoms with Crippen molar-refractivity contribution in [3.63, 3.8) is 0 Å². The maximum Gasteiger partial charge on any atom is 0.328 e. The van der Waals surface area contributed by atoms with Crippen LogP contribution in [0.3, 0.4) is 0 Å². The molecule has 3 N–H and O–H groups in total. The van der Waals surface area contributed by atoms with Gasteiger partial charge in [0, 0.05) is 0 Å². The first-order valence-corrected chi connectivity index (χ1v) is 4.76. The highest BCUT2D eigenvalue weighted by atomic mass is 35.5. The molecule has 16 heavy (non-hydrogen) atoms. The summed E-state index contributed by atoms with van der Waals surface area (Å²) >= 11 is 5.45. The summed E-state index contributed by atoms with van der Waals surface area (Å²) in [5.74, 6) is -2.20. The number of carbonyl (C=O) groups is 2. The molecule has 0 saturated heterocycles. The Morgan fingerprint density at radius 2 is 2.12 bits per heavy atom. The van der Waals surface area contributed by atoms with Gasteiger partial charge in [0.15, 0.2) is 17.0 Å². The minimum Gasteiger partial charge on any atom is -0.480 e. The van der Waals surface area contributed by atoms with Crippen molar-refractivity contribution in [1.29, 1.82) is 0 Å². The van der Waals surface area contributed by atoms with E-state index in [2.05, 4.69) is 5.32 Å². The van der Waals surface area contributed by atoms with E-state index in [-0.39, 0.29) is 11.0 Å². The van der Waals surface area contributed by atoms with Gasteiger partial charge in [-0.05, 0) is 30.7 Å². The highest BCUT2D eigenvalue weighted by Crippen LogP contribution is 2.13. The number of aliphatic carboxylic acids is 1. The van der Waals surface area contributed by atoms with E-state index < -0.39 is 24.0 Å². The van der Waals surface area contributed by atoms with Crippen molar-refractivity contribution in [2.75, 3.05) is 0 Å². The van der Waals surface area contributed by atoms with Gasteiger partial charge in [-0.3, -0.25) is 4.79 Å². The lowest BCUT2D eigenvalue weighted by Crippen LogP contribution is -2.47. The number of furan rings is 1. The Morgan fingerprint density at radius 3 is 2.50 bits per heavy atom. The molecule has 0 spiro atoms. The first kappa shape index (κ1) is 12.5. The molecule has 0 aromatic carbocycles. The molecule has 0 saturated carbocycles. The number of carbonyl (C=O) groups excluding carboxylic acids is 1. The number of amides is 1. The number of carboxylic acid groups (broad SMARTS) is 1. The van der Waals surface area contributed by atoms with Crippen LogP contribution in [0.1, 0.15) is 17.5 Å². The monoisotopic (exact) mass is 247 g/mol. The van der Waals surface area contributed by atoms with Crippen molar-refractivity contribution >= 4 is 23.5 Å². The summed E-state index contributed by atoms with van der Waals surface area (Å²) in [6.45, 7) is 1.26. The molecule has 1 heterocycles. The highest BCUT2D eigenvalue weighted by molar-refractivity contribution is 6.29. The van der Waals surface area contributed by atoms with Gasteiger partial charge >= 0.3 is 5.97 Å². The molecular formula is C9H10ClNO5. The average Bonchev–Trinajstić information content (AvgIpc) is 2.59. The number of carboxylic acids is 1. The van der Waals surface area contributed by atoms with Crippen LogP contribution in [0.2, 0.25) is 5.22 Å². The molecule has 0 aliphatic carbocycles. The lowest BCUT2D eigenvalue weighted by atomic mass is 10.2. The molecule has 0 unspecified atom stereocenters. The molecule has 1 amide bonds. The maximum absolute atomic E-state index is 11.4. The predicted octanol–water partition coefficient (Wildman–Crippen LogP) is 0.497. The summed E-state index contributed by atoms with van der Waals surface area (Å²) in [7, 11) is 0. The van der Waals surface area contributed by atoms with Crippen LogP contribution in [0.15, 0.2) is 16.5 Å². The molecule has 2 atom stereocenters. The summed E-state index contributed by atoms with van der Waals surface area (Å²) in [5, 5.41) is 20.0. The van der Waals surface area contributed by atoms with E-state index in [1.807, 2.05) is 0 Å². The quantitative estimate of drug-likeness (QED) is 0.719. The van der Waals surface area contributed by atoms with Gasteiger partial charge in [-0.15, -0.1) is 0 Å². The fraction of sp³-hybridized carbons (Fsp3) is 0.333. The molecule has 1 aromatic rings. The van der Waals surface area contributed by atoms with Crippen molar-refractivity contribution in [2.24, 2.45) is 0 Å². The molecule has 7 heteroatoms. The second kappa shape index (κ2) is 5.00. The number of nitrogens with one attached hydrogen (secondary N) is 1. The van der Waals surface area contributed by atoms with Crippen LogP contribution in [-0.4, -0.2) is 34.2 Å². The normalized spacial score (nSPS) is 14.2. The third kappa shape index (κ3) is 2.98. The Morgan fingerprint density at radius 1 is 1.50 bits per heavy atom. The van der Waals surface area contributed by atoms with Crippen LogP contribution in [0, 0.1) is 0 Å². The second-order valence-corrected chi connectivity index (χ2v) is 3.51. The van der Waals surface area contributed by atoms with E-state index in [0.717, 1.165) is 0 Å². The van der Waals surface area contributed by atoms with Crippen LogP contribution >= 0.6 is 11.6 Å². The minimum atomic E-state index is -1.39. The van der Waals surface area contributed by atoms with E-state index in [0.29, 0.717) is 0 Å². The van der Waals surface area contributed by atoms with Crippen molar-refractivity contribution in [2.45, 2.75) is 19.1 Å². The second-order valence-electron chi connectivity index (χ2n) is 3.13. The number of hydrogen-bond donors (Lipinski definition) is 3. The lowest BCUT2D eigenvalue weighted by Gasteiger charge is -2.15. The van der Waals surface area contributed by atoms with Crippen LogP contribution in [0.5, 0.6) is 0 Å². The molecule has 0 aliphatic heterocycles. The summed E-state index contributed by atoms with van der Waals surface area (Å²) in [4.78, 5) is 22.1. The van der Waals surface area contributed by atoms with Crippen LogP contribution < -0.4 is 5.32 Å². The molecule has 1 aromatic heterocycles. The smallest absolute Gasteiger partial charge is 0.328 e. The summed E-state index contributed by atoms with van der Waals surface area (Å²) < 4.78 is 4.78. The van der Waals surface area contributed by atoms with E-state index in [1.165, 1.54) is 19.1 Å². The molecule has 88 valence electrons. The van der Waals surface area contributed by atoms with Gasteiger partial charge in [0.2, 0.25) is 0 Å². The zero-order valence-electron chi connectivity index (χ0n) is 8.31. The predicted molar refractivity (Wildman–Crippen MR) is 54.3 cm³/mol. The van der Waals surface area contributed by atoms with E-state index in [9.17, 15) is 9.59 Å². The van der Waals surface area contributed by atoms with Gasteiger partial charge in [0.25, 0.3) is 5.91 Å². The Balaban J connectivity index is 2.73. The summed E-state index contributed by atoms with van der Waals surface area (Å²) in [6, 6.07) is 1.27. The van der Waals surface area contributed by atoms with Crippen LogP contribution in [0.25, 0.3) is 0 Å². The standard InChI is InChI=1S/C9H10ClNO5/c1-4(12)7(9(14)15)11-8(13)5-2-3-6(10)16-5/h2-4,7,12H,1H3,(H,11,13)(H,14,15)/t4-,7+/m1/s1. The van der Waals surface area contributed by atoms with Gasteiger partial charge in [0.05, 0.1) is 6.10 Å². The zero-order valence-corrected chi connectivity index (χ0v) is 9.06. The van der Waals surface area contributed by atoms with E-state index >= 15 is 0 Å². The fourth-order valence-corrected chi connectivity index (χ4v) is 1.18.